The van der Waals surface area contributed by atoms with E-state index in [-0.39, 0.29) is 11.8 Å². The summed E-state index contributed by atoms with van der Waals surface area (Å²) in [4.78, 5) is 18.1. The van der Waals surface area contributed by atoms with Crippen molar-refractivity contribution in [2.24, 2.45) is 0 Å². The molecule has 0 heterocycles. The fourth-order valence-corrected chi connectivity index (χ4v) is 4.52. The van der Waals surface area contributed by atoms with Gasteiger partial charge in [0.15, 0.2) is 0 Å². The summed E-state index contributed by atoms with van der Waals surface area (Å²) in [5.74, 6) is 0.807. The average molecular weight is 429 g/mol. The number of aryl methyl sites for hydroxylation is 2. The van der Waals surface area contributed by atoms with E-state index >= 15 is 0 Å². The number of fused-ring (bicyclic) bond motifs is 1. The van der Waals surface area contributed by atoms with Crippen LogP contribution in [0.15, 0.2) is 66.7 Å². The van der Waals surface area contributed by atoms with Gasteiger partial charge in [-0.15, -0.1) is 0 Å². The molecule has 1 unspecified atom stereocenters. The van der Waals surface area contributed by atoms with E-state index in [0.717, 1.165) is 53.1 Å². The maximum Gasteiger partial charge on any atom is 0.234 e. The molecule has 166 valence electrons. The summed E-state index contributed by atoms with van der Waals surface area (Å²) in [7, 11) is 5.75. The highest BCUT2D eigenvalue weighted by Crippen LogP contribution is 2.37. The summed E-state index contributed by atoms with van der Waals surface area (Å²) >= 11 is 0. The zero-order valence-corrected chi connectivity index (χ0v) is 19.5. The molecule has 0 saturated carbocycles. The lowest BCUT2D eigenvalue weighted by atomic mass is 9.81. The predicted molar refractivity (Wildman–Crippen MR) is 132 cm³/mol. The quantitative estimate of drug-likeness (QED) is 0.503. The molecule has 3 aromatic carbocycles. The monoisotopic (exact) mass is 428 g/mol. The summed E-state index contributed by atoms with van der Waals surface area (Å²) in [5.41, 5.74) is 6.73. The van der Waals surface area contributed by atoms with Crippen LogP contribution < -0.4 is 14.5 Å². The molecule has 1 aliphatic rings. The Kier molecular flexibility index (Phi) is 6.50. The van der Waals surface area contributed by atoms with Gasteiger partial charge in [-0.2, -0.15) is 0 Å². The first kappa shape index (κ1) is 21.9. The minimum absolute atomic E-state index is 0.154. The van der Waals surface area contributed by atoms with E-state index in [1.807, 2.05) is 37.2 Å². The number of hydrogen-bond donors (Lipinski definition) is 0. The van der Waals surface area contributed by atoms with Crippen molar-refractivity contribution in [3.63, 3.8) is 0 Å². The third-order valence-corrected chi connectivity index (χ3v) is 6.34. The van der Waals surface area contributed by atoms with Crippen molar-refractivity contribution in [1.29, 1.82) is 0 Å². The lowest BCUT2D eigenvalue weighted by Gasteiger charge is -2.31. The minimum Gasteiger partial charge on any atom is -0.497 e. The van der Waals surface area contributed by atoms with Crippen LogP contribution in [0, 0.1) is 6.92 Å². The van der Waals surface area contributed by atoms with E-state index in [1.165, 1.54) is 5.56 Å². The first-order valence-electron chi connectivity index (χ1n) is 11.3. The Morgan fingerprint density at radius 1 is 1.00 bits per heavy atom. The summed E-state index contributed by atoms with van der Waals surface area (Å²) in [6.45, 7) is 2.62. The molecule has 0 N–H and O–H groups in total. The van der Waals surface area contributed by atoms with Crippen molar-refractivity contribution in [2.75, 3.05) is 31.0 Å². The number of benzene rings is 3. The number of methoxy groups -OCH3 is 1. The predicted octanol–water partition coefficient (Wildman–Crippen LogP) is 5.72. The normalized spacial score (nSPS) is 15.1. The van der Waals surface area contributed by atoms with Crippen LogP contribution in [0.2, 0.25) is 0 Å². The third kappa shape index (κ3) is 4.64. The maximum absolute atomic E-state index is 14.0. The average Bonchev–Trinajstić information content (AvgIpc) is 2.81. The molecular formula is C28H32N2O2. The first-order valence-corrected chi connectivity index (χ1v) is 11.3. The Bertz CT molecular complexity index is 1090. The number of ether oxygens (including phenoxy) is 1. The summed E-state index contributed by atoms with van der Waals surface area (Å²) in [6.07, 6.45) is 2.90. The number of anilines is 2. The maximum atomic E-state index is 14.0. The second-order valence-electron chi connectivity index (χ2n) is 8.83. The minimum atomic E-state index is -0.157. The van der Waals surface area contributed by atoms with Crippen LogP contribution in [0.5, 0.6) is 5.75 Å². The zero-order chi connectivity index (χ0) is 22.7. The first-order chi connectivity index (χ1) is 15.5. The molecule has 0 aromatic heterocycles. The lowest BCUT2D eigenvalue weighted by molar-refractivity contribution is -0.120. The molecule has 32 heavy (non-hydrogen) atoms. The van der Waals surface area contributed by atoms with Crippen LogP contribution in [0.4, 0.5) is 11.4 Å². The molecule has 0 radical (unpaired) electrons. The van der Waals surface area contributed by atoms with Crippen LogP contribution in [0.1, 0.15) is 41.0 Å². The van der Waals surface area contributed by atoms with Gasteiger partial charge < -0.3 is 14.5 Å². The molecule has 4 nitrogen and oxygen atoms in total. The molecule has 1 amide bonds. The largest absolute Gasteiger partial charge is 0.497 e. The number of carbonyl (C=O) groups is 1. The third-order valence-electron chi connectivity index (χ3n) is 6.34. The van der Waals surface area contributed by atoms with Crippen molar-refractivity contribution in [1.82, 2.24) is 0 Å². The molecule has 0 saturated heterocycles. The molecule has 1 atom stereocenters. The number of amides is 1. The Labute approximate surface area is 191 Å². The van der Waals surface area contributed by atoms with Gasteiger partial charge in [-0.1, -0.05) is 30.3 Å². The topological polar surface area (TPSA) is 32.8 Å². The summed E-state index contributed by atoms with van der Waals surface area (Å²) in [6, 6.07) is 22.8. The van der Waals surface area contributed by atoms with E-state index < -0.39 is 0 Å². The highest BCUT2D eigenvalue weighted by atomic mass is 16.5. The SMILES string of the molecule is COc1ccc2c(c1)C(C(=O)N(Cc1ccc(N(C)C)cc1)c1cccc(C)c1)CCC2. The Morgan fingerprint density at radius 2 is 1.78 bits per heavy atom. The number of hydrogen-bond acceptors (Lipinski definition) is 3. The number of carbonyl (C=O) groups excluding carboxylic acids is 1. The van der Waals surface area contributed by atoms with E-state index in [9.17, 15) is 4.79 Å². The molecule has 0 fully saturated rings. The van der Waals surface area contributed by atoms with E-state index in [1.54, 1.807) is 7.11 Å². The Balaban J connectivity index is 1.70. The van der Waals surface area contributed by atoms with Crippen molar-refractivity contribution >= 4 is 17.3 Å². The summed E-state index contributed by atoms with van der Waals surface area (Å²) < 4.78 is 5.47. The van der Waals surface area contributed by atoms with Crippen LogP contribution in [-0.2, 0) is 17.8 Å². The van der Waals surface area contributed by atoms with Crippen LogP contribution >= 0.6 is 0 Å². The van der Waals surface area contributed by atoms with E-state index in [2.05, 4.69) is 60.4 Å². The smallest absolute Gasteiger partial charge is 0.234 e. The standard InChI is InChI=1S/C28H32N2O2/c1-20-7-5-9-24(17-20)30(19-21-11-14-23(15-12-21)29(2)3)28(31)26-10-6-8-22-13-16-25(32-4)18-27(22)26/h5,7,9,11-18,26H,6,8,10,19H2,1-4H3. The van der Waals surface area contributed by atoms with Crippen LogP contribution in [0.25, 0.3) is 0 Å². The fourth-order valence-electron chi connectivity index (χ4n) is 4.52. The van der Waals surface area contributed by atoms with Gasteiger partial charge in [0.2, 0.25) is 5.91 Å². The summed E-state index contributed by atoms with van der Waals surface area (Å²) in [5, 5.41) is 0. The van der Waals surface area contributed by atoms with Gasteiger partial charge in [-0.3, -0.25) is 4.79 Å². The van der Waals surface area contributed by atoms with Gasteiger partial charge in [0.05, 0.1) is 19.6 Å². The van der Waals surface area contributed by atoms with E-state index in [0.29, 0.717) is 6.54 Å². The number of nitrogens with zero attached hydrogens (tertiary/aromatic N) is 2. The highest BCUT2D eigenvalue weighted by molar-refractivity contribution is 5.98. The Hall–Kier alpha value is -3.27. The van der Waals surface area contributed by atoms with Gasteiger partial charge in [-0.05, 0) is 84.8 Å². The Morgan fingerprint density at radius 3 is 2.47 bits per heavy atom. The molecule has 0 spiro atoms. The molecular weight excluding hydrogens is 396 g/mol. The highest BCUT2D eigenvalue weighted by Gasteiger charge is 2.31. The van der Waals surface area contributed by atoms with Crippen molar-refractivity contribution < 1.29 is 9.53 Å². The molecule has 3 aromatic rings. The van der Waals surface area contributed by atoms with Crippen LogP contribution in [0.3, 0.4) is 0 Å². The van der Waals surface area contributed by atoms with Gasteiger partial charge in [-0.25, -0.2) is 0 Å². The van der Waals surface area contributed by atoms with Crippen molar-refractivity contribution in [3.8, 4) is 5.75 Å². The molecule has 1 aliphatic carbocycles. The second-order valence-corrected chi connectivity index (χ2v) is 8.83. The molecule has 4 heteroatoms. The second kappa shape index (κ2) is 9.47. The van der Waals surface area contributed by atoms with Crippen LogP contribution in [-0.4, -0.2) is 27.1 Å². The van der Waals surface area contributed by atoms with E-state index in [4.69, 9.17) is 4.74 Å². The lowest BCUT2D eigenvalue weighted by Crippen LogP contribution is -2.36. The van der Waals surface area contributed by atoms with Gasteiger partial charge in [0.1, 0.15) is 5.75 Å². The van der Waals surface area contributed by atoms with Gasteiger partial charge in [0, 0.05) is 25.5 Å². The van der Waals surface area contributed by atoms with Gasteiger partial charge >= 0.3 is 0 Å². The van der Waals surface area contributed by atoms with Gasteiger partial charge in [0.25, 0.3) is 0 Å². The molecule has 0 bridgehead atoms. The zero-order valence-electron chi connectivity index (χ0n) is 19.5. The molecule has 4 rings (SSSR count). The van der Waals surface area contributed by atoms with Crippen molar-refractivity contribution in [3.05, 3.63) is 89.0 Å². The van der Waals surface area contributed by atoms with Crippen molar-refractivity contribution in [2.45, 2.75) is 38.6 Å². The number of rotatable bonds is 6. The molecule has 0 aliphatic heterocycles. The fraction of sp³-hybridized carbons (Fsp3) is 0.321.